The third-order valence-corrected chi connectivity index (χ3v) is 4.93. The number of nitrogens with one attached hydrogen (secondary N) is 1. The normalized spacial score (nSPS) is 10.6. The summed E-state index contributed by atoms with van der Waals surface area (Å²) in [5, 5.41) is 7.48. The smallest absolute Gasteiger partial charge is 0.255 e. The van der Waals surface area contributed by atoms with Gasteiger partial charge in [0.05, 0.1) is 19.2 Å². The number of carbonyl (C=O) groups is 1. The lowest BCUT2D eigenvalue weighted by molar-refractivity contribution is 0.0951. The van der Waals surface area contributed by atoms with Crippen molar-refractivity contribution in [3.8, 4) is 17.0 Å². The van der Waals surface area contributed by atoms with Gasteiger partial charge in [-0.3, -0.25) is 9.48 Å². The van der Waals surface area contributed by atoms with Gasteiger partial charge < -0.3 is 10.1 Å². The number of halogens is 1. The summed E-state index contributed by atoms with van der Waals surface area (Å²) in [5.74, 6) is 0.00352. The van der Waals surface area contributed by atoms with Crippen molar-refractivity contribution in [2.24, 2.45) is 0 Å². The highest BCUT2D eigenvalue weighted by Crippen LogP contribution is 2.26. The molecule has 0 saturated heterocycles. The molecule has 1 aromatic heterocycles. The number of carbonyl (C=O) groups excluding carboxylic acids is 1. The van der Waals surface area contributed by atoms with Crippen molar-refractivity contribution >= 4 is 5.91 Å². The van der Waals surface area contributed by atoms with Crippen molar-refractivity contribution < 1.29 is 13.9 Å². The quantitative estimate of drug-likeness (QED) is 0.477. The Labute approximate surface area is 180 Å². The van der Waals surface area contributed by atoms with Crippen LogP contribution in [0.2, 0.25) is 0 Å². The SMILES string of the molecule is COc1cccc(-c2nn(Cc3ccccc3)cc2C(=O)NCc2ccccc2F)c1. The Kier molecular flexibility index (Phi) is 6.08. The molecule has 5 nitrogen and oxygen atoms in total. The van der Waals surface area contributed by atoms with E-state index in [9.17, 15) is 9.18 Å². The number of benzene rings is 3. The highest BCUT2D eigenvalue weighted by atomic mass is 19.1. The highest BCUT2D eigenvalue weighted by Gasteiger charge is 2.19. The Hall–Kier alpha value is -3.93. The molecule has 0 aliphatic carbocycles. The molecule has 1 amide bonds. The number of hydrogen-bond donors (Lipinski definition) is 1. The van der Waals surface area contributed by atoms with E-state index in [2.05, 4.69) is 10.4 Å². The number of aromatic nitrogens is 2. The summed E-state index contributed by atoms with van der Waals surface area (Å²) in [7, 11) is 1.59. The number of amides is 1. The standard InChI is InChI=1S/C25H22FN3O2/c1-31-21-12-7-11-19(14-21)24-22(17-29(28-24)16-18-8-3-2-4-9-18)25(30)27-15-20-10-5-6-13-23(20)26/h2-14,17H,15-16H2,1H3,(H,27,30). The van der Waals surface area contributed by atoms with Crippen LogP contribution in [0.25, 0.3) is 11.3 Å². The van der Waals surface area contributed by atoms with E-state index in [1.165, 1.54) is 6.07 Å². The Morgan fingerprint density at radius 2 is 1.81 bits per heavy atom. The maximum atomic E-state index is 13.9. The third kappa shape index (κ3) is 4.80. The second-order valence-corrected chi connectivity index (χ2v) is 7.08. The molecule has 0 spiro atoms. The molecule has 31 heavy (non-hydrogen) atoms. The Bertz CT molecular complexity index is 1190. The van der Waals surface area contributed by atoms with Crippen molar-refractivity contribution in [3.05, 3.63) is 108 Å². The minimum Gasteiger partial charge on any atom is -0.497 e. The molecule has 0 bridgehead atoms. The molecular weight excluding hydrogens is 393 g/mol. The Balaban J connectivity index is 1.65. The summed E-state index contributed by atoms with van der Waals surface area (Å²) in [6.07, 6.45) is 1.72. The maximum Gasteiger partial charge on any atom is 0.255 e. The summed E-state index contributed by atoms with van der Waals surface area (Å²) in [6, 6.07) is 23.7. The fourth-order valence-corrected chi connectivity index (χ4v) is 3.34. The second kappa shape index (κ2) is 9.26. The third-order valence-electron chi connectivity index (χ3n) is 4.93. The van der Waals surface area contributed by atoms with E-state index < -0.39 is 0 Å². The fraction of sp³-hybridized carbons (Fsp3) is 0.120. The molecule has 0 unspecified atom stereocenters. The molecule has 6 heteroatoms. The molecule has 156 valence electrons. The van der Waals surface area contributed by atoms with E-state index in [1.807, 2.05) is 54.6 Å². The first-order valence-electron chi connectivity index (χ1n) is 9.91. The molecule has 0 atom stereocenters. The largest absolute Gasteiger partial charge is 0.497 e. The van der Waals surface area contributed by atoms with Crippen molar-refractivity contribution in [1.29, 1.82) is 0 Å². The first kappa shape index (κ1) is 20.3. The first-order valence-corrected chi connectivity index (χ1v) is 9.91. The zero-order chi connectivity index (χ0) is 21.6. The van der Waals surface area contributed by atoms with Gasteiger partial charge in [-0.05, 0) is 23.8 Å². The van der Waals surface area contributed by atoms with Crippen LogP contribution in [0.15, 0.2) is 85.1 Å². The van der Waals surface area contributed by atoms with Crippen LogP contribution in [0.1, 0.15) is 21.5 Å². The van der Waals surface area contributed by atoms with Crippen LogP contribution in [0.5, 0.6) is 5.75 Å². The van der Waals surface area contributed by atoms with E-state index in [1.54, 1.807) is 36.2 Å². The number of ether oxygens (including phenoxy) is 1. The van der Waals surface area contributed by atoms with E-state index >= 15 is 0 Å². The van der Waals surface area contributed by atoms with Crippen LogP contribution in [0.3, 0.4) is 0 Å². The van der Waals surface area contributed by atoms with Crippen molar-refractivity contribution in [3.63, 3.8) is 0 Å². The monoisotopic (exact) mass is 415 g/mol. The molecule has 4 rings (SSSR count). The van der Waals surface area contributed by atoms with Crippen LogP contribution in [-0.2, 0) is 13.1 Å². The van der Waals surface area contributed by atoms with Gasteiger partial charge in [-0.1, -0.05) is 60.7 Å². The molecular formula is C25H22FN3O2. The van der Waals surface area contributed by atoms with Crippen LogP contribution in [0, 0.1) is 5.82 Å². The molecule has 1 N–H and O–H groups in total. The predicted molar refractivity (Wildman–Crippen MR) is 117 cm³/mol. The summed E-state index contributed by atoms with van der Waals surface area (Å²) in [6.45, 7) is 0.616. The van der Waals surface area contributed by atoms with Gasteiger partial charge in [-0.2, -0.15) is 5.10 Å². The van der Waals surface area contributed by atoms with E-state index in [-0.39, 0.29) is 18.3 Å². The second-order valence-electron chi connectivity index (χ2n) is 7.08. The summed E-state index contributed by atoms with van der Waals surface area (Å²) in [4.78, 5) is 13.0. The van der Waals surface area contributed by atoms with Gasteiger partial charge in [-0.15, -0.1) is 0 Å². The minimum atomic E-state index is -0.351. The lowest BCUT2D eigenvalue weighted by Crippen LogP contribution is -2.23. The number of rotatable bonds is 7. The van der Waals surface area contributed by atoms with Gasteiger partial charge in [-0.25, -0.2) is 4.39 Å². The average molecular weight is 415 g/mol. The molecule has 4 aromatic rings. The van der Waals surface area contributed by atoms with E-state index in [0.717, 1.165) is 11.1 Å². The van der Waals surface area contributed by atoms with Gasteiger partial charge >= 0.3 is 0 Å². The molecule has 3 aromatic carbocycles. The highest BCUT2D eigenvalue weighted by molar-refractivity contribution is 5.99. The lowest BCUT2D eigenvalue weighted by Gasteiger charge is -2.07. The molecule has 0 aliphatic heterocycles. The Morgan fingerprint density at radius 3 is 2.58 bits per heavy atom. The zero-order valence-corrected chi connectivity index (χ0v) is 17.1. The Morgan fingerprint density at radius 1 is 1.03 bits per heavy atom. The first-order chi connectivity index (χ1) is 15.1. The zero-order valence-electron chi connectivity index (χ0n) is 17.1. The van der Waals surface area contributed by atoms with Gasteiger partial charge in [0.1, 0.15) is 17.3 Å². The molecule has 0 saturated carbocycles. The van der Waals surface area contributed by atoms with Crippen LogP contribution in [-0.4, -0.2) is 22.8 Å². The molecule has 1 heterocycles. The summed E-state index contributed by atoms with van der Waals surface area (Å²) >= 11 is 0. The summed E-state index contributed by atoms with van der Waals surface area (Å²) in [5.41, 5.74) is 3.22. The molecule has 0 fully saturated rings. The average Bonchev–Trinajstić information content (AvgIpc) is 3.23. The van der Waals surface area contributed by atoms with Crippen LogP contribution >= 0.6 is 0 Å². The van der Waals surface area contributed by atoms with Crippen LogP contribution < -0.4 is 10.1 Å². The molecule has 0 aliphatic rings. The summed E-state index contributed by atoms with van der Waals surface area (Å²) < 4.78 is 21.0. The maximum absolute atomic E-state index is 13.9. The topological polar surface area (TPSA) is 56.2 Å². The van der Waals surface area contributed by atoms with Crippen molar-refractivity contribution in [1.82, 2.24) is 15.1 Å². The van der Waals surface area contributed by atoms with Gasteiger partial charge in [0.15, 0.2) is 0 Å². The number of nitrogens with zero attached hydrogens (tertiary/aromatic N) is 2. The predicted octanol–water partition coefficient (Wildman–Crippen LogP) is 4.68. The van der Waals surface area contributed by atoms with E-state index in [4.69, 9.17) is 4.74 Å². The van der Waals surface area contributed by atoms with Gasteiger partial charge in [0, 0.05) is 23.9 Å². The fourth-order valence-electron chi connectivity index (χ4n) is 3.34. The van der Waals surface area contributed by atoms with Gasteiger partial charge in [0.25, 0.3) is 5.91 Å². The minimum absolute atomic E-state index is 0.0902. The van der Waals surface area contributed by atoms with E-state index in [0.29, 0.717) is 29.1 Å². The van der Waals surface area contributed by atoms with Crippen molar-refractivity contribution in [2.75, 3.05) is 7.11 Å². The lowest BCUT2D eigenvalue weighted by atomic mass is 10.1. The number of methoxy groups -OCH3 is 1. The van der Waals surface area contributed by atoms with Crippen LogP contribution in [0.4, 0.5) is 4.39 Å². The van der Waals surface area contributed by atoms with Gasteiger partial charge in [0.2, 0.25) is 0 Å². The van der Waals surface area contributed by atoms with Crippen molar-refractivity contribution in [2.45, 2.75) is 13.1 Å². The molecule has 0 radical (unpaired) electrons. The number of hydrogen-bond acceptors (Lipinski definition) is 3.